The molecule has 4 heteroatoms. The lowest BCUT2D eigenvalue weighted by molar-refractivity contribution is 0.223. The summed E-state index contributed by atoms with van der Waals surface area (Å²) in [5, 5.41) is 0. The van der Waals surface area contributed by atoms with Gasteiger partial charge in [-0.15, -0.1) is 0 Å². The Bertz CT molecular complexity index is 1240. The van der Waals surface area contributed by atoms with Crippen molar-refractivity contribution in [1.29, 1.82) is 0 Å². The molecular weight excluding hydrogens is 516 g/mol. The topological polar surface area (TPSA) is 24.9 Å². The Labute approximate surface area is 253 Å². The van der Waals surface area contributed by atoms with Crippen molar-refractivity contribution < 1.29 is 9.47 Å². The first-order valence-corrected chi connectivity index (χ1v) is 15.4. The molecule has 0 aliphatic rings. The van der Waals surface area contributed by atoms with Crippen molar-refractivity contribution in [2.24, 2.45) is 0 Å². The molecule has 0 amide bonds. The smallest absolute Gasteiger partial charge is 0.119 e. The van der Waals surface area contributed by atoms with Gasteiger partial charge in [0.15, 0.2) is 0 Å². The van der Waals surface area contributed by atoms with E-state index in [0.29, 0.717) is 13.2 Å². The van der Waals surface area contributed by atoms with Crippen LogP contribution in [0.3, 0.4) is 0 Å². The molecule has 4 nitrogen and oxygen atoms in total. The first kappa shape index (κ1) is 31.1. The first-order valence-electron chi connectivity index (χ1n) is 15.4. The lowest BCUT2D eigenvalue weighted by Gasteiger charge is -2.20. The Morgan fingerprint density at radius 2 is 0.738 bits per heavy atom. The Kier molecular flexibility index (Phi) is 12.2. The average molecular weight is 563 g/mol. The summed E-state index contributed by atoms with van der Waals surface area (Å²) in [6, 6.07) is 38.4. The number of nitrogens with zero attached hydrogens (tertiary/aromatic N) is 2. The van der Waals surface area contributed by atoms with Crippen LogP contribution in [-0.2, 0) is 0 Å². The molecule has 0 heterocycles. The van der Waals surface area contributed by atoms with Crippen LogP contribution >= 0.6 is 0 Å². The molecule has 0 saturated carbocycles. The van der Waals surface area contributed by atoms with E-state index in [-0.39, 0.29) is 0 Å². The largest absolute Gasteiger partial charge is 0.492 e. The number of ether oxygens (including phenoxy) is 2. The fraction of sp³-hybridized carbons (Fsp3) is 0.316. The fourth-order valence-electron chi connectivity index (χ4n) is 5.22. The number of hydrogen-bond donors (Lipinski definition) is 0. The maximum Gasteiger partial charge on any atom is 0.119 e. The van der Waals surface area contributed by atoms with Crippen LogP contribution < -0.4 is 9.47 Å². The zero-order valence-corrected chi connectivity index (χ0v) is 25.8. The highest BCUT2D eigenvalue weighted by atomic mass is 16.5. The van der Waals surface area contributed by atoms with Gasteiger partial charge >= 0.3 is 0 Å². The van der Waals surface area contributed by atoms with Crippen LogP contribution in [0.5, 0.6) is 11.5 Å². The predicted molar refractivity (Wildman–Crippen MR) is 177 cm³/mol. The Morgan fingerprint density at radius 3 is 1.05 bits per heavy atom. The summed E-state index contributed by atoms with van der Waals surface area (Å²) in [6.45, 7) is 16.1. The lowest BCUT2D eigenvalue weighted by Crippen LogP contribution is -2.27. The lowest BCUT2D eigenvalue weighted by atomic mass is 9.86. The molecule has 0 aliphatic heterocycles. The van der Waals surface area contributed by atoms with E-state index in [1.807, 2.05) is 0 Å². The molecule has 4 aromatic carbocycles. The van der Waals surface area contributed by atoms with Gasteiger partial charge in [-0.2, -0.15) is 0 Å². The van der Waals surface area contributed by atoms with E-state index in [0.717, 1.165) is 61.9 Å². The van der Waals surface area contributed by atoms with Gasteiger partial charge in [0.25, 0.3) is 0 Å². The van der Waals surface area contributed by atoms with Gasteiger partial charge in [0.2, 0.25) is 0 Å². The monoisotopic (exact) mass is 562 g/mol. The van der Waals surface area contributed by atoms with Crippen molar-refractivity contribution in [2.45, 2.75) is 27.7 Å². The van der Waals surface area contributed by atoms with Gasteiger partial charge in [-0.3, -0.25) is 0 Å². The highest BCUT2D eigenvalue weighted by Gasteiger charge is 2.16. The van der Waals surface area contributed by atoms with Crippen LogP contribution in [-0.4, -0.2) is 62.3 Å². The molecule has 0 N–H and O–H groups in total. The number of rotatable bonds is 16. The summed E-state index contributed by atoms with van der Waals surface area (Å²) < 4.78 is 12.2. The summed E-state index contributed by atoms with van der Waals surface area (Å²) >= 11 is 0. The maximum absolute atomic E-state index is 6.11. The molecule has 42 heavy (non-hydrogen) atoms. The van der Waals surface area contributed by atoms with Gasteiger partial charge < -0.3 is 19.3 Å². The molecule has 0 bridgehead atoms. The van der Waals surface area contributed by atoms with Crippen molar-refractivity contribution in [3.63, 3.8) is 0 Å². The van der Waals surface area contributed by atoms with Crippen molar-refractivity contribution in [1.82, 2.24) is 9.80 Å². The molecule has 0 fully saturated rings. The molecule has 0 aliphatic carbocycles. The molecule has 0 atom stereocenters. The summed E-state index contributed by atoms with van der Waals surface area (Å²) in [7, 11) is 0. The summed E-state index contributed by atoms with van der Waals surface area (Å²) in [4.78, 5) is 4.75. The third kappa shape index (κ3) is 8.58. The highest BCUT2D eigenvalue weighted by Crippen LogP contribution is 2.37. The van der Waals surface area contributed by atoms with Gasteiger partial charge in [-0.05, 0) is 83.8 Å². The van der Waals surface area contributed by atoms with Crippen LogP contribution in [0.25, 0.3) is 11.1 Å². The zero-order valence-electron chi connectivity index (χ0n) is 25.8. The van der Waals surface area contributed by atoms with Gasteiger partial charge in [-0.25, -0.2) is 0 Å². The normalized spacial score (nSPS) is 12.0. The highest BCUT2D eigenvalue weighted by molar-refractivity contribution is 6.04. The SMILES string of the molecule is CCN(CC)CCOc1ccc(/C(=C(/c2ccccc2)c2ccc(OCCN(CC)CC)cc2)c2ccccc2)cc1. The van der Waals surface area contributed by atoms with Crippen LogP contribution in [0.4, 0.5) is 0 Å². The zero-order chi connectivity index (χ0) is 29.6. The predicted octanol–water partition coefficient (Wildman–Crippen LogP) is 8.14. The molecule has 4 aromatic rings. The third-order valence-corrected chi connectivity index (χ3v) is 7.80. The standard InChI is InChI=1S/C38H46N2O2/c1-5-39(6-2)27-29-41-35-23-19-33(20-24-35)37(31-15-11-9-12-16-31)38(32-17-13-10-14-18-32)34-21-25-36(26-22-34)42-30-28-40(7-3)8-4/h9-26H,5-8,27-30H2,1-4H3/b38-37-. The summed E-state index contributed by atoms with van der Waals surface area (Å²) in [5.41, 5.74) is 7.02. The number of benzene rings is 4. The quantitative estimate of drug-likeness (QED) is 0.129. The molecule has 0 saturated heterocycles. The van der Waals surface area contributed by atoms with Crippen LogP contribution in [0.15, 0.2) is 109 Å². The molecule has 0 spiro atoms. The first-order chi connectivity index (χ1) is 20.7. The molecule has 0 aromatic heterocycles. The van der Waals surface area contributed by atoms with Gasteiger partial charge in [0, 0.05) is 13.1 Å². The minimum Gasteiger partial charge on any atom is -0.492 e. The fourth-order valence-corrected chi connectivity index (χ4v) is 5.22. The van der Waals surface area contributed by atoms with Crippen LogP contribution in [0.1, 0.15) is 49.9 Å². The van der Waals surface area contributed by atoms with E-state index in [1.165, 1.54) is 22.3 Å². The molecule has 0 unspecified atom stereocenters. The number of hydrogen-bond acceptors (Lipinski definition) is 4. The second-order valence-electron chi connectivity index (χ2n) is 10.3. The second kappa shape index (κ2) is 16.5. The van der Waals surface area contributed by atoms with Crippen molar-refractivity contribution >= 4 is 11.1 Å². The summed E-state index contributed by atoms with van der Waals surface area (Å²) in [5.74, 6) is 1.79. The van der Waals surface area contributed by atoms with E-state index < -0.39 is 0 Å². The number of likely N-dealkylation sites (N-methyl/N-ethyl adjacent to an activating group) is 2. The van der Waals surface area contributed by atoms with E-state index in [4.69, 9.17) is 9.47 Å². The second-order valence-corrected chi connectivity index (χ2v) is 10.3. The Balaban J connectivity index is 1.69. The van der Waals surface area contributed by atoms with E-state index >= 15 is 0 Å². The Hall–Kier alpha value is -3.86. The van der Waals surface area contributed by atoms with E-state index in [2.05, 4.69) is 147 Å². The minimum atomic E-state index is 0.682. The minimum absolute atomic E-state index is 0.682. The van der Waals surface area contributed by atoms with Crippen LogP contribution in [0, 0.1) is 0 Å². The third-order valence-electron chi connectivity index (χ3n) is 7.80. The average Bonchev–Trinajstić information content (AvgIpc) is 3.05. The van der Waals surface area contributed by atoms with Crippen molar-refractivity contribution in [3.8, 4) is 11.5 Å². The van der Waals surface area contributed by atoms with Crippen molar-refractivity contribution in [2.75, 3.05) is 52.5 Å². The summed E-state index contributed by atoms with van der Waals surface area (Å²) in [6.07, 6.45) is 0. The van der Waals surface area contributed by atoms with Gasteiger partial charge in [-0.1, -0.05) is 113 Å². The molecule has 4 rings (SSSR count). The maximum atomic E-state index is 6.11. The van der Waals surface area contributed by atoms with Crippen LogP contribution in [0.2, 0.25) is 0 Å². The van der Waals surface area contributed by atoms with E-state index in [1.54, 1.807) is 0 Å². The van der Waals surface area contributed by atoms with Gasteiger partial charge in [0.1, 0.15) is 24.7 Å². The van der Waals surface area contributed by atoms with Gasteiger partial charge in [0.05, 0.1) is 0 Å². The van der Waals surface area contributed by atoms with E-state index in [9.17, 15) is 0 Å². The van der Waals surface area contributed by atoms with Crippen molar-refractivity contribution in [3.05, 3.63) is 131 Å². The molecule has 220 valence electrons. The molecular formula is C38H46N2O2. The Morgan fingerprint density at radius 1 is 0.429 bits per heavy atom. The molecule has 0 radical (unpaired) electrons.